The van der Waals surface area contributed by atoms with Crippen molar-refractivity contribution in [2.75, 3.05) is 7.11 Å². The second-order valence-corrected chi connectivity index (χ2v) is 6.75. The molecule has 0 unspecified atom stereocenters. The van der Waals surface area contributed by atoms with Gasteiger partial charge in [0.25, 0.3) is 0 Å². The van der Waals surface area contributed by atoms with Crippen LogP contribution >= 0.6 is 11.3 Å². The van der Waals surface area contributed by atoms with Gasteiger partial charge in [-0.15, -0.1) is 11.3 Å². The number of fused-ring (bicyclic) bond motifs is 1. The molecule has 1 aliphatic rings. The van der Waals surface area contributed by atoms with E-state index in [1.807, 2.05) is 11.3 Å². The topological polar surface area (TPSA) is 21.3 Å². The van der Waals surface area contributed by atoms with Crippen molar-refractivity contribution in [3.05, 3.63) is 28.6 Å². The van der Waals surface area contributed by atoms with Gasteiger partial charge in [-0.1, -0.05) is 13.8 Å². The molecule has 0 atom stereocenters. The number of nitrogens with one attached hydrogen (secondary N) is 1. The van der Waals surface area contributed by atoms with E-state index in [9.17, 15) is 0 Å². The van der Waals surface area contributed by atoms with Crippen LogP contribution in [0.3, 0.4) is 0 Å². The molecule has 1 N–H and O–H groups in total. The smallest absolute Gasteiger partial charge is 0.119 e. The Kier molecular flexibility index (Phi) is 3.50. The number of hydrogen-bond donors (Lipinski definition) is 1. The molecule has 0 saturated heterocycles. The van der Waals surface area contributed by atoms with E-state index in [0.717, 1.165) is 18.2 Å². The van der Waals surface area contributed by atoms with Crippen molar-refractivity contribution in [3.8, 4) is 5.75 Å². The minimum Gasteiger partial charge on any atom is -0.497 e. The van der Waals surface area contributed by atoms with Crippen LogP contribution in [0.25, 0.3) is 10.1 Å². The summed E-state index contributed by atoms with van der Waals surface area (Å²) in [6, 6.07) is 7.00. The third kappa shape index (κ3) is 2.63. The Balaban J connectivity index is 2.03. The highest BCUT2D eigenvalue weighted by Crippen LogP contribution is 2.48. The second-order valence-electron chi connectivity index (χ2n) is 5.61. The molecule has 3 rings (SSSR count). The van der Waals surface area contributed by atoms with E-state index in [1.54, 1.807) is 12.7 Å². The molecule has 2 nitrogen and oxygen atoms in total. The summed E-state index contributed by atoms with van der Waals surface area (Å²) in [6.45, 7) is 5.39. The first-order chi connectivity index (χ1) is 9.19. The lowest BCUT2D eigenvalue weighted by atomic mass is 10.1. The molecular formula is C16H21NOS. The van der Waals surface area contributed by atoms with E-state index in [1.165, 1.54) is 27.8 Å². The Bertz CT molecular complexity index is 584. The molecule has 0 radical (unpaired) electrons. The van der Waals surface area contributed by atoms with Gasteiger partial charge in [-0.3, -0.25) is 0 Å². The lowest BCUT2D eigenvalue weighted by molar-refractivity contribution is 0.415. The Morgan fingerprint density at radius 2 is 2.16 bits per heavy atom. The van der Waals surface area contributed by atoms with E-state index in [-0.39, 0.29) is 0 Å². The molecule has 102 valence electrons. The number of hydrogen-bond acceptors (Lipinski definition) is 3. The number of ether oxygens (including phenoxy) is 1. The van der Waals surface area contributed by atoms with Crippen LogP contribution in [0.1, 0.15) is 43.0 Å². The normalized spacial score (nSPS) is 15.4. The number of rotatable bonds is 5. The summed E-state index contributed by atoms with van der Waals surface area (Å²) in [7, 11) is 1.74. The monoisotopic (exact) mass is 275 g/mol. The van der Waals surface area contributed by atoms with Crippen LogP contribution in [0.15, 0.2) is 18.2 Å². The van der Waals surface area contributed by atoms with Gasteiger partial charge in [0.2, 0.25) is 0 Å². The molecule has 0 spiro atoms. The van der Waals surface area contributed by atoms with Gasteiger partial charge in [0.05, 0.1) is 7.11 Å². The summed E-state index contributed by atoms with van der Waals surface area (Å²) in [5, 5.41) is 4.96. The summed E-state index contributed by atoms with van der Waals surface area (Å²) in [6.07, 6.45) is 2.69. The maximum atomic E-state index is 5.37. The van der Waals surface area contributed by atoms with Crippen LogP contribution in [-0.4, -0.2) is 13.2 Å². The first-order valence-electron chi connectivity index (χ1n) is 7.01. The van der Waals surface area contributed by atoms with E-state index in [2.05, 4.69) is 37.4 Å². The van der Waals surface area contributed by atoms with Crippen molar-refractivity contribution in [2.45, 2.75) is 45.2 Å². The molecule has 1 aliphatic carbocycles. The minimum absolute atomic E-state index is 0.534. The van der Waals surface area contributed by atoms with E-state index >= 15 is 0 Å². The Morgan fingerprint density at radius 1 is 1.37 bits per heavy atom. The van der Waals surface area contributed by atoms with E-state index in [0.29, 0.717) is 6.04 Å². The van der Waals surface area contributed by atoms with Crippen molar-refractivity contribution in [3.63, 3.8) is 0 Å². The van der Waals surface area contributed by atoms with Crippen molar-refractivity contribution >= 4 is 21.4 Å². The maximum absolute atomic E-state index is 5.37. The average molecular weight is 275 g/mol. The fraction of sp³-hybridized carbons (Fsp3) is 0.500. The molecular weight excluding hydrogens is 254 g/mol. The van der Waals surface area contributed by atoms with Gasteiger partial charge in [0, 0.05) is 22.2 Å². The first kappa shape index (κ1) is 12.9. The Morgan fingerprint density at radius 3 is 2.79 bits per heavy atom. The molecule has 1 aromatic heterocycles. The highest BCUT2D eigenvalue weighted by Gasteiger charge is 2.29. The lowest BCUT2D eigenvalue weighted by Crippen LogP contribution is -2.21. The zero-order valence-corrected chi connectivity index (χ0v) is 12.6. The molecule has 1 heterocycles. The fourth-order valence-electron chi connectivity index (χ4n) is 2.52. The van der Waals surface area contributed by atoms with Crippen LogP contribution in [0.2, 0.25) is 0 Å². The molecule has 0 amide bonds. The minimum atomic E-state index is 0.534. The van der Waals surface area contributed by atoms with Gasteiger partial charge in [-0.25, -0.2) is 0 Å². The standard InChI is InChI=1S/C16H21NOS/c1-10(2)17-9-15-16(11-4-5-11)13-8-12(18-3)6-7-14(13)19-15/h6-8,10-11,17H,4-5,9H2,1-3H3. The largest absolute Gasteiger partial charge is 0.497 e. The van der Waals surface area contributed by atoms with Gasteiger partial charge >= 0.3 is 0 Å². The Hall–Kier alpha value is -1.06. The molecule has 0 bridgehead atoms. The zero-order chi connectivity index (χ0) is 13.4. The van der Waals surface area contributed by atoms with Gasteiger partial charge < -0.3 is 10.1 Å². The van der Waals surface area contributed by atoms with Crippen LogP contribution in [0.5, 0.6) is 5.75 Å². The van der Waals surface area contributed by atoms with Crippen LogP contribution < -0.4 is 10.1 Å². The molecule has 1 aromatic carbocycles. The van der Waals surface area contributed by atoms with Crippen LogP contribution in [0, 0.1) is 0 Å². The highest BCUT2D eigenvalue weighted by atomic mass is 32.1. The van der Waals surface area contributed by atoms with Crippen LogP contribution in [0.4, 0.5) is 0 Å². The number of methoxy groups -OCH3 is 1. The van der Waals surface area contributed by atoms with Gasteiger partial charge in [-0.05, 0) is 47.9 Å². The lowest BCUT2D eigenvalue weighted by Gasteiger charge is -2.08. The third-order valence-corrected chi connectivity index (χ3v) is 4.85. The third-order valence-electron chi connectivity index (χ3n) is 3.67. The van der Waals surface area contributed by atoms with Crippen LogP contribution in [-0.2, 0) is 6.54 Å². The Labute approximate surface area is 118 Å². The van der Waals surface area contributed by atoms with Crippen molar-refractivity contribution < 1.29 is 4.74 Å². The van der Waals surface area contributed by atoms with Gasteiger partial charge in [-0.2, -0.15) is 0 Å². The van der Waals surface area contributed by atoms with E-state index < -0.39 is 0 Å². The van der Waals surface area contributed by atoms with E-state index in [4.69, 9.17) is 4.74 Å². The van der Waals surface area contributed by atoms with Crippen molar-refractivity contribution in [1.82, 2.24) is 5.32 Å². The van der Waals surface area contributed by atoms with Gasteiger partial charge in [0.1, 0.15) is 5.75 Å². The summed E-state index contributed by atoms with van der Waals surface area (Å²) >= 11 is 1.94. The molecule has 19 heavy (non-hydrogen) atoms. The van der Waals surface area contributed by atoms with Crippen molar-refractivity contribution in [1.29, 1.82) is 0 Å². The van der Waals surface area contributed by atoms with Crippen molar-refractivity contribution in [2.24, 2.45) is 0 Å². The van der Waals surface area contributed by atoms with Gasteiger partial charge in [0.15, 0.2) is 0 Å². The second kappa shape index (κ2) is 5.14. The molecule has 2 aromatic rings. The summed E-state index contributed by atoms with van der Waals surface area (Å²) in [5.74, 6) is 1.75. The zero-order valence-electron chi connectivity index (χ0n) is 11.8. The maximum Gasteiger partial charge on any atom is 0.119 e. The quantitative estimate of drug-likeness (QED) is 0.879. The molecule has 0 aliphatic heterocycles. The predicted molar refractivity (Wildman–Crippen MR) is 82.3 cm³/mol. The number of thiophene rings is 1. The number of benzene rings is 1. The fourth-order valence-corrected chi connectivity index (χ4v) is 3.74. The molecule has 1 saturated carbocycles. The summed E-state index contributed by atoms with van der Waals surface area (Å²) in [4.78, 5) is 1.51. The summed E-state index contributed by atoms with van der Waals surface area (Å²) in [5.41, 5.74) is 1.58. The SMILES string of the molecule is COc1ccc2sc(CNC(C)C)c(C3CC3)c2c1. The highest BCUT2D eigenvalue weighted by molar-refractivity contribution is 7.19. The molecule has 3 heteroatoms. The predicted octanol–water partition coefficient (Wildman–Crippen LogP) is 4.29. The summed E-state index contributed by atoms with van der Waals surface area (Å²) < 4.78 is 6.77. The molecule has 1 fully saturated rings. The average Bonchev–Trinajstić information content (AvgIpc) is 3.16. The first-order valence-corrected chi connectivity index (χ1v) is 7.83.